The van der Waals surface area contributed by atoms with Gasteiger partial charge in [0.15, 0.2) is 5.82 Å². The summed E-state index contributed by atoms with van der Waals surface area (Å²) in [6, 6.07) is 10.3. The van der Waals surface area contributed by atoms with E-state index in [1.54, 1.807) is 0 Å². The fourth-order valence-corrected chi connectivity index (χ4v) is 3.14. The average molecular weight is 418 g/mol. The Morgan fingerprint density at radius 3 is 2.28 bits per heavy atom. The zero-order valence-corrected chi connectivity index (χ0v) is 18.3. The van der Waals surface area contributed by atoms with Gasteiger partial charge in [0.25, 0.3) is 0 Å². The molecule has 0 bridgehead atoms. The van der Waals surface area contributed by atoms with Gasteiger partial charge < -0.3 is 20.7 Å². The minimum Gasteiger partial charge on any atom is -0.388 e. The van der Waals surface area contributed by atoms with Crippen molar-refractivity contribution >= 4 is 30.5 Å². The predicted molar refractivity (Wildman–Crippen MR) is 122 cm³/mol. The Balaban J connectivity index is 0.000000551. The SMILES string of the molecule is CC.CNc1ccc(-c2nc(N3CCOCC3)cc(C3(S)CC3)n2)cc1.NC=O. The molecule has 1 aliphatic carbocycles. The van der Waals surface area contributed by atoms with E-state index in [1.807, 2.05) is 33.0 Å². The van der Waals surface area contributed by atoms with Crippen molar-refractivity contribution < 1.29 is 9.53 Å². The second-order valence-electron chi connectivity index (χ2n) is 6.53. The molecule has 8 heteroatoms. The number of thiol groups is 1. The quantitative estimate of drug-likeness (QED) is 0.523. The van der Waals surface area contributed by atoms with E-state index in [9.17, 15) is 0 Å². The maximum absolute atomic E-state index is 8.58. The van der Waals surface area contributed by atoms with Crippen LogP contribution in [-0.2, 0) is 14.3 Å². The number of carbonyl (C=O) groups is 1. The molecule has 1 aromatic heterocycles. The van der Waals surface area contributed by atoms with Gasteiger partial charge in [-0.25, -0.2) is 9.97 Å². The number of ether oxygens (including phenoxy) is 1. The maximum atomic E-state index is 8.58. The number of hydrogen-bond donors (Lipinski definition) is 3. The first-order valence-electron chi connectivity index (χ1n) is 9.98. The van der Waals surface area contributed by atoms with Crippen LogP contribution >= 0.6 is 12.6 Å². The first-order valence-corrected chi connectivity index (χ1v) is 10.4. The fraction of sp³-hybridized carbons (Fsp3) is 0.476. The molecule has 2 fully saturated rings. The number of rotatable bonds is 4. The molecule has 2 heterocycles. The third-order valence-electron chi connectivity index (χ3n) is 4.68. The summed E-state index contributed by atoms with van der Waals surface area (Å²) in [7, 11) is 1.92. The Bertz CT molecular complexity index is 775. The lowest BCUT2D eigenvalue weighted by atomic mass is 10.1. The molecule has 1 saturated heterocycles. The Labute approximate surface area is 178 Å². The zero-order valence-electron chi connectivity index (χ0n) is 17.4. The summed E-state index contributed by atoms with van der Waals surface area (Å²) < 4.78 is 5.38. The smallest absolute Gasteiger partial charge is 0.204 e. The molecule has 7 nitrogen and oxygen atoms in total. The van der Waals surface area contributed by atoms with Gasteiger partial charge in [0.1, 0.15) is 5.82 Å². The molecular formula is C21H31N5O2S. The van der Waals surface area contributed by atoms with Gasteiger partial charge in [-0.2, -0.15) is 12.6 Å². The van der Waals surface area contributed by atoms with E-state index in [0.29, 0.717) is 0 Å². The van der Waals surface area contributed by atoms with Crippen LogP contribution in [0.15, 0.2) is 30.3 Å². The topological polar surface area (TPSA) is 93.4 Å². The first kappa shape index (κ1) is 23.0. The maximum Gasteiger partial charge on any atom is 0.204 e. The number of carbonyl (C=O) groups excluding carboxylic acids is 1. The Kier molecular flexibility index (Phi) is 8.72. The highest BCUT2D eigenvalue weighted by atomic mass is 32.1. The summed E-state index contributed by atoms with van der Waals surface area (Å²) in [6.45, 7) is 7.23. The highest BCUT2D eigenvalue weighted by Gasteiger charge is 2.42. The molecule has 0 radical (unpaired) electrons. The van der Waals surface area contributed by atoms with Crippen molar-refractivity contribution in [3.8, 4) is 11.4 Å². The van der Waals surface area contributed by atoms with E-state index in [-0.39, 0.29) is 11.2 Å². The highest BCUT2D eigenvalue weighted by Crippen LogP contribution is 2.51. The van der Waals surface area contributed by atoms with Gasteiger partial charge in [-0.1, -0.05) is 13.8 Å². The van der Waals surface area contributed by atoms with E-state index < -0.39 is 0 Å². The van der Waals surface area contributed by atoms with Crippen LogP contribution in [0, 0.1) is 0 Å². The molecule has 3 N–H and O–H groups in total. The van der Waals surface area contributed by atoms with Crippen LogP contribution in [0.2, 0.25) is 0 Å². The molecule has 158 valence electrons. The minimum absolute atomic E-state index is 0.0797. The van der Waals surface area contributed by atoms with Crippen molar-refractivity contribution in [2.24, 2.45) is 5.73 Å². The fourth-order valence-electron chi connectivity index (χ4n) is 2.92. The Hall–Kier alpha value is -2.32. The second kappa shape index (κ2) is 11.0. The summed E-state index contributed by atoms with van der Waals surface area (Å²) in [4.78, 5) is 20.5. The molecule has 1 aliphatic heterocycles. The van der Waals surface area contributed by atoms with Crippen LogP contribution in [-0.4, -0.2) is 49.7 Å². The number of nitrogens with zero attached hydrogens (tertiary/aromatic N) is 3. The van der Waals surface area contributed by atoms with Gasteiger partial charge in [-0.15, -0.1) is 0 Å². The summed E-state index contributed by atoms with van der Waals surface area (Å²) in [5.41, 5.74) is 7.31. The number of morpholine rings is 1. The summed E-state index contributed by atoms with van der Waals surface area (Å²) in [5.74, 6) is 1.76. The van der Waals surface area contributed by atoms with Gasteiger partial charge in [0.05, 0.1) is 23.7 Å². The minimum atomic E-state index is -0.0797. The third-order valence-corrected chi connectivity index (χ3v) is 5.36. The average Bonchev–Trinajstić information content (AvgIpc) is 3.55. The molecule has 4 rings (SSSR count). The molecular weight excluding hydrogens is 386 g/mol. The van der Waals surface area contributed by atoms with E-state index in [0.717, 1.165) is 67.7 Å². The molecule has 1 amide bonds. The summed E-state index contributed by atoms with van der Waals surface area (Å²) >= 11 is 4.81. The molecule has 1 aromatic carbocycles. The van der Waals surface area contributed by atoms with Crippen LogP contribution in [0.1, 0.15) is 32.4 Å². The number of anilines is 2. The molecule has 29 heavy (non-hydrogen) atoms. The highest BCUT2D eigenvalue weighted by molar-refractivity contribution is 7.81. The number of nitrogens with one attached hydrogen (secondary N) is 1. The van der Waals surface area contributed by atoms with Crippen molar-refractivity contribution in [2.75, 3.05) is 43.6 Å². The van der Waals surface area contributed by atoms with Crippen LogP contribution in [0.3, 0.4) is 0 Å². The van der Waals surface area contributed by atoms with E-state index >= 15 is 0 Å². The molecule has 0 atom stereocenters. The van der Waals surface area contributed by atoms with Crippen molar-refractivity contribution in [3.63, 3.8) is 0 Å². The van der Waals surface area contributed by atoms with Gasteiger partial charge in [-0.3, -0.25) is 4.79 Å². The lowest BCUT2D eigenvalue weighted by Gasteiger charge is -2.28. The number of amides is 1. The molecule has 0 spiro atoms. The first-order chi connectivity index (χ1) is 14.1. The van der Waals surface area contributed by atoms with E-state index in [2.05, 4.69) is 34.1 Å². The number of hydrogen-bond acceptors (Lipinski definition) is 7. The Morgan fingerprint density at radius 2 is 1.76 bits per heavy atom. The number of primary amides is 1. The second-order valence-corrected chi connectivity index (χ2v) is 7.39. The van der Waals surface area contributed by atoms with Crippen LogP contribution in [0.5, 0.6) is 0 Å². The lowest BCUT2D eigenvalue weighted by molar-refractivity contribution is -0.106. The van der Waals surface area contributed by atoms with Crippen molar-refractivity contribution in [1.29, 1.82) is 0 Å². The monoisotopic (exact) mass is 417 g/mol. The largest absolute Gasteiger partial charge is 0.388 e. The number of aromatic nitrogens is 2. The van der Waals surface area contributed by atoms with Gasteiger partial charge in [0, 0.05) is 37.5 Å². The predicted octanol–water partition coefficient (Wildman–Crippen LogP) is 3.07. The summed E-state index contributed by atoms with van der Waals surface area (Å²) in [5, 5.41) is 3.14. The molecule has 2 aliphatic rings. The van der Waals surface area contributed by atoms with Gasteiger partial charge >= 0.3 is 0 Å². The Morgan fingerprint density at radius 1 is 1.17 bits per heavy atom. The van der Waals surface area contributed by atoms with E-state index in [4.69, 9.17) is 32.1 Å². The van der Waals surface area contributed by atoms with Gasteiger partial charge in [-0.05, 0) is 37.1 Å². The molecule has 2 aromatic rings. The van der Waals surface area contributed by atoms with Crippen molar-refractivity contribution in [3.05, 3.63) is 36.0 Å². The van der Waals surface area contributed by atoms with Crippen LogP contribution in [0.25, 0.3) is 11.4 Å². The molecule has 0 unspecified atom stereocenters. The molecule has 1 saturated carbocycles. The summed E-state index contributed by atoms with van der Waals surface area (Å²) in [6.07, 6.45) is 2.40. The van der Waals surface area contributed by atoms with Gasteiger partial charge in [0.2, 0.25) is 6.41 Å². The van der Waals surface area contributed by atoms with Crippen LogP contribution < -0.4 is 16.0 Å². The normalized spacial score (nSPS) is 16.5. The number of benzene rings is 1. The standard InChI is InChI=1S/C18H22N4OS.C2H6.CH3NO/c1-19-14-4-2-13(3-5-14)17-20-15(18(24)6-7-18)12-16(21-17)22-8-10-23-11-9-22;1-2;2-1-3/h2-5,12,19,24H,6-11H2,1H3;1-2H3;1H,(H2,2,3). The zero-order chi connectivity index (χ0) is 21.3. The number of nitrogens with two attached hydrogens (primary N) is 1. The lowest BCUT2D eigenvalue weighted by Crippen LogP contribution is -2.37. The van der Waals surface area contributed by atoms with Crippen molar-refractivity contribution in [1.82, 2.24) is 9.97 Å². The van der Waals surface area contributed by atoms with E-state index in [1.165, 1.54) is 0 Å². The van der Waals surface area contributed by atoms with Crippen LogP contribution in [0.4, 0.5) is 11.5 Å². The third kappa shape index (κ3) is 6.08. The van der Waals surface area contributed by atoms with Crippen molar-refractivity contribution in [2.45, 2.75) is 31.4 Å².